The third-order valence-corrected chi connectivity index (χ3v) is 3.93. The fourth-order valence-electron chi connectivity index (χ4n) is 2.56. The van der Waals surface area contributed by atoms with Gasteiger partial charge in [-0.1, -0.05) is 19.1 Å². The Hall–Kier alpha value is -1.39. The molecule has 1 aromatic heterocycles. The van der Waals surface area contributed by atoms with Gasteiger partial charge in [-0.15, -0.1) is 0 Å². The second kappa shape index (κ2) is 8.15. The summed E-state index contributed by atoms with van der Waals surface area (Å²) in [6.07, 6.45) is 6.47. The van der Waals surface area contributed by atoms with E-state index < -0.39 is 0 Å². The molecule has 21 heavy (non-hydrogen) atoms. The van der Waals surface area contributed by atoms with Crippen LogP contribution in [-0.4, -0.2) is 38.3 Å². The third kappa shape index (κ3) is 4.55. The van der Waals surface area contributed by atoms with Crippen molar-refractivity contribution in [2.45, 2.75) is 32.7 Å². The van der Waals surface area contributed by atoms with Crippen LogP contribution in [0, 0.1) is 0 Å². The maximum atomic E-state index is 5.19. The van der Waals surface area contributed by atoms with E-state index in [-0.39, 0.29) is 0 Å². The van der Waals surface area contributed by atoms with Gasteiger partial charge in [0.25, 0.3) is 0 Å². The first-order valence-corrected chi connectivity index (χ1v) is 7.85. The van der Waals surface area contributed by atoms with E-state index in [0.29, 0.717) is 6.04 Å². The fourth-order valence-corrected chi connectivity index (χ4v) is 2.56. The maximum absolute atomic E-state index is 5.19. The number of hydrogen-bond donors (Lipinski definition) is 1. The summed E-state index contributed by atoms with van der Waals surface area (Å²) in [5, 5.41) is 3.49. The molecule has 1 aromatic rings. The largest absolute Gasteiger partial charge is 0.380 e. The maximum Gasteiger partial charge on any atom is 0.128 e. The first-order chi connectivity index (χ1) is 10.2. The number of pyridine rings is 1. The molecule has 0 saturated carbocycles. The highest BCUT2D eigenvalue weighted by Gasteiger charge is 2.13. The molecule has 116 valence electrons. The lowest BCUT2D eigenvalue weighted by molar-refractivity contribution is 0.222. The number of ether oxygens (including phenoxy) is 1. The van der Waals surface area contributed by atoms with Crippen LogP contribution in [0.5, 0.6) is 0 Å². The highest BCUT2D eigenvalue weighted by molar-refractivity contribution is 5.42. The molecule has 1 aliphatic rings. The van der Waals surface area contributed by atoms with E-state index in [1.807, 2.05) is 6.20 Å². The van der Waals surface area contributed by atoms with E-state index in [1.54, 1.807) is 7.11 Å². The van der Waals surface area contributed by atoms with Crippen LogP contribution in [0.4, 0.5) is 5.82 Å². The van der Waals surface area contributed by atoms with Crippen LogP contribution < -0.4 is 10.2 Å². The molecule has 4 nitrogen and oxygen atoms in total. The Kier molecular flexibility index (Phi) is 6.21. The summed E-state index contributed by atoms with van der Waals surface area (Å²) >= 11 is 0. The number of anilines is 1. The number of nitrogens with zero attached hydrogens (tertiary/aromatic N) is 2. The molecule has 0 spiro atoms. The summed E-state index contributed by atoms with van der Waals surface area (Å²) in [7, 11) is 1.75. The Bertz CT molecular complexity index is 456. The Morgan fingerprint density at radius 1 is 1.43 bits per heavy atom. The zero-order valence-corrected chi connectivity index (χ0v) is 13.4. The molecule has 0 aliphatic carbocycles. The van der Waals surface area contributed by atoms with Crippen LogP contribution in [0.15, 0.2) is 30.0 Å². The summed E-state index contributed by atoms with van der Waals surface area (Å²) < 4.78 is 5.19. The summed E-state index contributed by atoms with van der Waals surface area (Å²) in [6.45, 7) is 8.11. The summed E-state index contributed by atoms with van der Waals surface area (Å²) in [5.74, 6) is 1.06. The molecular formula is C17H27N3O. The van der Waals surface area contributed by atoms with Gasteiger partial charge in [0.1, 0.15) is 5.82 Å². The normalized spacial score (nSPS) is 16.7. The van der Waals surface area contributed by atoms with Gasteiger partial charge in [0.05, 0.1) is 6.61 Å². The van der Waals surface area contributed by atoms with Crippen molar-refractivity contribution in [3.8, 4) is 0 Å². The molecule has 0 fully saturated rings. The third-order valence-electron chi connectivity index (χ3n) is 3.93. The van der Waals surface area contributed by atoms with Gasteiger partial charge in [-0.2, -0.15) is 0 Å². The lowest BCUT2D eigenvalue weighted by atomic mass is 10.1. The van der Waals surface area contributed by atoms with Gasteiger partial charge in [0, 0.05) is 32.4 Å². The van der Waals surface area contributed by atoms with Crippen LogP contribution in [-0.2, 0) is 4.74 Å². The van der Waals surface area contributed by atoms with Crippen molar-refractivity contribution in [3.05, 3.63) is 35.5 Å². The van der Waals surface area contributed by atoms with Crippen molar-refractivity contribution in [3.63, 3.8) is 0 Å². The number of methoxy groups -OCH3 is 1. The SMILES string of the molecule is CCCNC(C)c1ccc(N2CC=C(COC)CC2)nc1. The molecule has 1 N–H and O–H groups in total. The Balaban J connectivity index is 1.93. The molecule has 0 aromatic carbocycles. The van der Waals surface area contributed by atoms with Crippen molar-refractivity contribution in [1.82, 2.24) is 10.3 Å². The smallest absolute Gasteiger partial charge is 0.128 e. The minimum Gasteiger partial charge on any atom is -0.380 e. The number of aromatic nitrogens is 1. The topological polar surface area (TPSA) is 37.4 Å². The predicted molar refractivity (Wildman–Crippen MR) is 87.7 cm³/mol. The summed E-state index contributed by atoms with van der Waals surface area (Å²) in [4.78, 5) is 6.94. The molecule has 4 heteroatoms. The van der Waals surface area contributed by atoms with Gasteiger partial charge in [0.15, 0.2) is 0 Å². The van der Waals surface area contributed by atoms with E-state index >= 15 is 0 Å². The van der Waals surface area contributed by atoms with Gasteiger partial charge in [-0.3, -0.25) is 0 Å². The molecular weight excluding hydrogens is 262 g/mol. The molecule has 1 aliphatic heterocycles. The lowest BCUT2D eigenvalue weighted by Crippen LogP contribution is -2.30. The van der Waals surface area contributed by atoms with Crippen LogP contribution in [0.25, 0.3) is 0 Å². The van der Waals surface area contributed by atoms with Crippen molar-refractivity contribution in [2.24, 2.45) is 0 Å². The summed E-state index contributed by atoms with van der Waals surface area (Å²) in [6, 6.07) is 4.68. The van der Waals surface area contributed by atoms with Crippen LogP contribution in [0.1, 0.15) is 38.3 Å². The highest BCUT2D eigenvalue weighted by atomic mass is 16.5. The molecule has 2 rings (SSSR count). The Labute approximate surface area is 128 Å². The lowest BCUT2D eigenvalue weighted by Gasteiger charge is -2.27. The molecule has 1 unspecified atom stereocenters. The van der Waals surface area contributed by atoms with Crippen LogP contribution in [0.2, 0.25) is 0 Å². The van der Waals surface area contributed by atoms with Crippen LogP contribution in [0.3, 0.4) is 0 Å². The van der Waals surface area contributed by atoms with Gasteiger partial charge in [-0.05, 0) is 43.5 Å². The van der Waals surface area contributed by atoms with Crippen molar-refractivity contribution in [2.75, 3.05) is 38.3 Å². The second-order valence-electron chi connectivity index (χ2n) is 5.62. The van der Waals surface area contributed by atoms with Crippen LogP contribution >= 0.6 is 0 Å². The van der Waals surface area contributed by atoms with Crippen molar-refractivity contribution in [1.29, 1.82) is 0 Å². The zero-order valence-electron chi connectivity index (χ0n) is 13.4. The number of nitrogens with one attached hydrogen (secondary N) is 1. The quantitative estimate of drug-likeness (QED) is 0.783. The van der Waals surface area contributed by atoms with Gasteiger partial charge in [0.2, 0.25) is 0 Å². The molecule has 0 saturated heterocycles. The number of rotatable bonds is 7. The average Bonchev–Trinajstić information content (AvgIpc) is 2.54. The molecule has 1 atom stereocenters. The molecule has 0 amide bonds. The van der Waals surface area contributed by atoms with Gasteiger partial charge in [-0.25, -0.2) is 4.98 Å². The molecule has 0 radical (unpaired) electrons. The van der Waals surface area contributed by atoms with E-state index in [0.717, 1.165) is 44.9 Å². The summed E-state index contributed by atoms with van der Waals surface area (Å²) in [5.41, 5.74) is 2.64. The first kappa shape index (κ1) is 16.0. The molecule has 2 heterocycles. The second-order valence-corrected chi connectivity index (χ2v) is 5.62. The minimum absolute atomic E-state index is 0.362. The standard InChI is InChI=1S/C17H27N3O/c1-4-9-18-14(2)16-5-6-17(19-12-16)20-10-7-15(8-11-20)13-21-3/h5-7,12,14,18H,4,8-11,13H2,1-3H3. The predicted octanol–water partition coefficient (Wildman–Crippen LogP) is 2.93. The van der Waals surface area contributed by atoms with E-state index in [1.165, 1.54) is 11.1 Å². The fraction of sp³-hybridized carbons (Fsp3) is 0.588. The van der Waals surface area contributed by atoms with Gasteiger partial charge < -0.3 is 15.0 Å². The highest BCUT2D eigenvalue weighted by Crippen LogP contribution is 2.20. The van der Waals surface area contributed by atoms with Crippen molar-refractivity contribution >= 4 is 5.82 Å². The van der Waals surface area contributed by atoms with Crippen molar-refractivity contribution < 1.29 is 4.74 Å². The minimum atomic E-state index is 0.362. The first-order valence-electron chi connectivity index (χ1n) is 7.85. The Morgan fingerprint density at radius 3 is 2.86 bits per heavy atom. The Morgan fingerprint density at radius 2 is 2.29 bits per heavy atom. The van der Waals surface area contributed by atoms with E-state index in [4.69, 9.17) is 4.74 Å². The van der Waals surface area contributed by atoms with E-state index in [9.17, 15) is 0 Å². The molecule has 0 bridgehead atoms. The zero-order chi connectivity index (χ0) is 15.1. The average molecular weight is 289 g/mol. The number of hydrogen-bond acceptors (Lipinski definition) is 4. The monoisotopic (exact) mass is 289 g/mol. The van der Waals surface area contributed by atoms with Gasteiger partial charge >= 0.3 is 0 Å². The van der Waals surface area contributed by atoms with E-state index in [2.05, 4.69) is 47.3 Å².